The first-order valence-corrected chi connectivity index (χ1v) is 7.49. The lowest BCUT2D eigenvalue weighted by Gasteiger charge is -2.14. The maximum Gasteiger partial charge on any atom is 0.212 e. The van der Waals surface area contributed by atoms with Gasteiger partial charge in [-0.25, -0.2) is 0 Å². The van der Waals surface area contributed by atoms with Crippen molar-refractivity contribution in [3.8, 4) is 5.75 Å². The van der Waals surface area contributed by atoms with E-state index in [1.807, 2.05) is 43.3 Å². The SMILES string of the molecule is CC=Cc1ccccc1OC(C)C(=O)c1ccc(Cl)s1. The highest BCUT2D eigenvalue weighted by Crippen LogP contribution is 2.25. The van der Waals surface area contributed by atoms with Gasteiger partial charge in [-0.15, -0.1) is 11.3 Å². The zero-order chi connectivity index (χ0) is 14.5. The number of rotatable bonds is 5. The van der Waals surface area contributed by atoms with Crippen molar-refractivity contribution in [2.24, 2.45) is 0 Å². The molecule has 2 aromatic rings. The molecule has 0 amide bonds. The number of thiophene rings is 1. The summed E-state index contributed by atoms with van der Waals surface area (Å²) < 4.78 is 6.39. The van der Waals surface area contributed by atoms with E-state index in [1.54, 1.807) is 19.1 Å². The maximum atomic E-state index is 12.2. The Hall–Kier alpha value is -1.58. The van der Waals surface area contributed by atoms with Crippen molar-refractivity contribution in [1.29, 1.82) is 0 Å². The van der Waals surface area contributed by atoms with Crippen molar-refractivity contribution in [2.75, 3.05) is 0 Å². The highest BCUT2D eigenvalue weighted by molar-refractivity contribution is 7.18. The average molecular weight is 307 g/mol. The van der Waals surface area contributed by atoms with Crippen LogP contribution >= 0.6 is 22.9 Å². The molecule has 0 N–H and O–H groups in total. The summed E-state index contributed by atoms with van der Waals surface area (Å²) in [6, 6.07) is 11.1. The number of Topliss-reactive ketones (excluding diaryl/α,β-unsaturated/α-hetero) is 1. The van der Waals surface area contributed by atoms with E-state index in [2.05, 4.69) is 0 Å². The molecule has 0 saturated heterocycles. The third-order valence-corrected chi connectivity index (χ3v) is 4.00. The monoisotopic (exact) mass is 306 g/mol. The van der Waals surface area contributed by atoms with Crippen molar-refractivity contribution in [3.63, 3.8) is 0 Å². The summed E-state index contributed by atoms with van der Waals surface area (Å²) >= 11 is 7.12. The molecule has 0 fully saturated rings. The van der Waals surface area contributed by atoms with Gasteiger partial charge in [0.15, 0.2) is 6.10 Å². The van der Waals surface area contributed by atoms with Crippen LogP contribution in [-0.4, -0.2) is 11.9 Å². The Balaban J connectivity index is 2.15. The Morgan fingerprint density at radius 3 is 2.70 bits per heavy atom. The van der Waals surface area contributed by atoms with Crippen LogP contribution in [0.25, 0.3) is 6.08 Å². The fraction of sp³-hybridized carbons (Fsp3) is 0.188. The van der Waals surface area contributed by atoms with Crippen LogP contribution in [0.1, 0.15) is 29.1 Å². The van der Waals surface area contributed by atoms with Crippen LogP contribution in [0.15, 0.2) is 42.5 Å². The van der Waals surface area contributed by atoms with Crippen molar-refractivity contribution in [2.45, 2.75) is 20.0 Å². The van der Waals surface area contributed by atoms with Crippen molar-refractivity contribution in [3.05, 3.63) is 57.3 Å². The fourth-order valence-corrected chi connectivity index (χ4v) is 2.86. The smallest absolute Gasteiger partial charge is 0.212 e. The molecular weight excluding hydrogens is 292 g/mol. The number of carbonyl (C=O) groups is 1. The molecule has 0 bridgehead atoms. The molecule has 1 heterocycles. The van der Waals surface area contributed by atoms with Gasteiger partial charge in [0.1, 0.15) is 5.75 Å². The molecule has 0 saturated carbocycles. The molecule has 1 aromatic carbocycles. The number of halogens is 1. The summed E-state index contributed by atoms with van der Waals surface area (Å²) in [6.45, 7) is 3.70. The van der Waals surface area contributed by atoms with Crippen LogP contribution in [0.5, 0.6) is 5.75 Å². The second-order valence-corrected chi connectivity index (χ2v) is 5.98. The van der Waals surface area contributed by atoms with E-state index < -0.39 is 6.10 Å². The van der Waals surface area contributed by atoms with Gasteiger partial charge in [-0.2, -0.15) is 0 Å². The summed E-state index contributed by atoms with van der Waals surface area (Å²) in [6.07, 6.45) is 3.35. The van der Waals surface area contributed by atoms with Crippen LogP contribution in [-0.2, 0) is 0 Å². The average Bonchev–Trinajstić information content (AvgIpc) is 2.87. The van der Waals surface area contributed by atoms with E-state index in [9.17, 15) is 4.79 Å². The topological polar surface area (TPSA) is 26.3 Å². The highest BCUT2D eigenvalue weighted by Gasteiger charge is 2.19. The van der Waals surface area contributed by atoms with E-state index in [-0.39, 0.29) is 5.78 Å². The van der Waals surface area contributed by atoms with E-state index in [4.69, 9.17) is 16.3 Å². The number of ether oxygens (including phenoxy) is 1. The number of benzene rings is 1. The van der Waals surface area contributed by atoms with Gasteiger partial charge >= 0.3 is 0 Å². The second kappa shape index (κ2) is 6.73. The summed E-state index contributed by atoms with van der Waals surface area (Å²) in [5, 5.41) is 0. The molecule has 2 nitrogen and oxygen atoms in total. The number of hydrogen-bond acceptors (Lipinski definition) is 3. The second-order valence-electron chi connectivity index (χ2n) is 4.27. The fourth-order valence-electron chi connectivity index (χ4n) is 1.80. The molecule has 1 atom stereocenters. The Morgan fingerprint density at radius 2 is 2.05 bits per heavy atom. The van der Waals surface area contributed by atoms with Crippen LogP contribution in [0.4, 0.5) is 0 Å². The first-order chi connectivity index (χ1) is 9.61. The molecule has 104 valence electrons. The standard InChI is InChI=1S/C16H15ClO2S/c1-3-6-12-7-4-5-8-13(12)19-11(2)16(18)14-9-10-15(17)20-14/h3-11H,1-2H3. The Labute approximate surface area is 127 Å². The minimum atomic E-state index is -0.545. The van der Waals surface area contributed by atoms with E-state index >= 15 is 0 Å². The number of para-hydroxylation sites is 1. The lowest BCUT2D eigenvalue weighted by molar-refractivity contribution is 0.0822. The Morgan fingerprint density at radius 1 is 1.30 bits per heavy atom. The Kier molecular flexibility index (Phi) is 4.99. The van der Waals surface area contributed by atoms with Gasteiger partial charge in [-0.05, 0) is 32.0 Å². The number of allylic oxidation sites excluding steroid dienone is 1. The molecule has 0 aliphatic carbocycles. The van der Waals surface area contributed by atoms with Gasteiger partial charge in [0.2, 0.25) is 5.78 Å². The van der Waals surface area contributed by atoms with Gasteiger partial charge < -0.3 is 4.74 Å². The van der Waals surface area contributed by atoms with Crippen LogP contribution in [0, 0.1) is 0 Å². The molecule has 0 spiro atoms. The molecule has 0 aliphatic rings. The van der Waals surface area contributed by atoms with Gasteiger partial charge in [0, 0.05) is 5.56 Å². The summed E-state index contributed by atoms with van der Waals surface area (Å²) in [5.41, 5.74) is 0.957. The largest absolute Gasteiger partial charge is 0.482 e. The van der Waals surface area contributed by atoms with Gasteiger partial charge in [-0.3, -0.25) is 4.79 Å². The molecule has 0 aliphatic heterocycles. The molecule has 0 radical (unpaired) electrons. The highest BCUT2D eigenvalue weighted by atomic mass is 35.5. The zero-order valence-electron chi connectivity index (χ0n) is 11.3. The quantitative estimate of drug-likeness (QED) is 0.720. The van der Waals surface area contributed by atoms with Crippen LogP contribution in [0.3, 0.4) is 0 Å². The maximum absolute atomic E-state index is 12.2. The molecule has 4 heteroatoms. The third kappa shape index (κ3) is 3.50. The molecule has 2 rings (SSSR count). The lowest BCUT2D eigenvalue weighted by atomic mass is 10.1. The van der Waals surface area contributed by atoms with Gasteiger partial charge in [0.05, 0.1) is 9.21 Å². The van der Waals surface area contributed by atoms with Crippen molar-refractivity contribution in [1.82, 2.24) is 0 Å². The summed E-state index contributed by atoms with van der Waals surface area (Å²) in [7, 11) is 0. The van der Waals surface area contributed by atoms with Crippen molar-refractivity contribution >= 4 is 34.8 Å². The van der Waals surface area contributed by atoms with Crippen molar-refractivity contribution < 1.29 is 9.53 Å². The first kappa shape index (κ1) is 14.8. The molecule has 20 heavy (non-hydrogen) atoms. The van der Waals surface area contributed by atoms with E-state index in [0.717, 1.165) is 5.56 Å². The molecular formula is C16H15ClO2S. The number of carbonyl (C=O) groups excluding carboxylic acids is 1. The molecule has 1 aromatic heterocycles. The first-order valence-electron chi connectivity index (χ1n) is 6.29. The lowest BCUT2D eigenvalue weighted by Crippen LogP contribution is -2.23. The Bertz CT molecular complexity index is 631. The van der Waals surface area contributed by atoms with Gasteiger partial charge in [-0.1, -0.05) is 42.0 Å². The van der Waals surface area contributed by atoms with Crippen LogP contribution in [0.2, 0.25) is 4.34 Å². The summed E-state index contributed by atoms with van der Waals surface area (Å²) in [4.78, 5) is 12.9. The van der Waals surface area contributed by atoms with E-state index in [0.29, 0.717) is 15.0 Å². The summed E-state index contributed by atoms with van der Waals surface area (Å²) in [5.74, 6) is 0.645. The minimum Gasteiger partial charge on any atom is -0.482 e. The number of hydrogen-bond donors (Lipinski definition) is 0. The molecule has 1 unspecified atom stereocenters. The van der Waals surface area contributed by atoms with E-state index in [1.165, 1.54) is 11.3 Å². The normalized spacial score (nSPS) is 12.6. The zero-order valence-corrected chi connectivity index (χ0v) is 12.9. The van der Waals surface area contributed by atoms with Crippen LogP contribution < -0.4 is 4.74 Å². The number of ketones is 1. The minimum absolute atomic E-state index is 0.0582. The predicted molar refractivity (Wildman–Crippen MR) is 84.9 cm³/mol. The van der Waals surface area contributed by atoms with Gasteiger partial charge in [0.25, 0.3) is 0 Å². The third-order valence-electron chi connectivity index (χ3n) is 2.75. The predicted octanol–water partition coefficient (Wildman–Crippen LogP) is 5.08.